The maximum Gasteiger partial charge on any atom is 0.0350 e. The standard InChI is InChI=1S/C18H21N/c1-4-15(3)11-12-16(5-2)13-14-18(19)17-9-7-6-8-10-17/h4-12,14H,1-2,13,19H2,3H3/b15-11-,16-12+,18-14-. The van der Waals surface area contributed by atoms with Gasteiger partial charge in [0.2, 0.25) is 0 Å². The summed E-state index contributed by atoms with van der Waals surface area (Å²) in [5.41, 5.74) is 10.1. The number of benzene rings is 1. The summed E-state index contributed by atoms with van der Waals surface area (Å²) in [6.07, 6.45) is 10.5. The predicted octanol–water partition coefficient (Wildman–Crippen LogP) is 4.62. The molecule has 0 aliphatic rings. The molecule has 0 radical (unpaired) electrons. The first-order valence-corrected chi connectivity index (χ1v) is 6.30. The molecule has 1 aromatic carbocycles. The van der Waals surface area contributed by atoms with E-state index < -0.39 is 0 Å². The van der Waals surface area contributed by atoms with Gasteiger partial charge < -0.3 is 5.73 Å². The predicted molar refractivity (Wildman–Crippen MR) is 85.5 cm³/mol. The SMILES string of the molecule is C=C/C(C)=C\C=C(/C=C)C/C=C(\N)c1ccccc1. The van der Waals surface area contributed by atoms with E-state index in [4.69, 9.17) is 5.73 Å². The van der Waals surface area contributed by atoms with E-state index in [1.54, 1.807) is 0 Å². The van der Waals surface area contributed by atoms with Gasteiger partial charge >= 0.3 is 0 Å². The van der Waals surface area contributed by atoms with Gasteiger partial charge in [-0.1, -0.05) is 79.4 Å². The highest BCUT2D eigenvalue weighted by molar-refractivity contribution is 5.62. The quantitative estimate of drug-likeness (QED) is 0.733. The van der Waals surface area contributed by atoms with E-state index in [0.29, 0.717) is 0 Å². The van der Waals surface area contributed by atoms with E-state index in [2.05, 4.69) is 13.2 Å². The molecule has 0 fully saturated rings. The molecule has 1 heteroatoms. The minimum Gasteiger partial charge on any atom is -0.398 e. The molecule has 1 aromatic rings. The van der Waals surface area contributed by atoms with Crippen LogP contribution >= 0.6 is 0 Å². The maximum atomic E-state index is 6.05. The smallest absolute Gasteiger partial charge is 0.0350 e. The Morgan fingerprint density at radius 1 is 1.11 bits per heavy atom. The first-order chi connectivity index (χ1) is 9.17. The zero-order valence-corrected chi connectivity index (χ0v) is 11.5. The molecule has 2 N–H and O–H groups in total. The molecule has 0 aliphatic carbocycles. The Morgan fingerprint density at radius 3 is 2.37 bits per heavy atom. The highest BCUT2D eigenvalue weighted by Crippen LogP contribution is 2.12. The van der Waals surface area contributed by atoms with Gasteiger partial charge in [-0.25, -0.2) is 0 Å². The van der Waals surface area contributed by atoms with Crippen LogP contribution in [0.3, 0.4) is 0 Å². The molecule has 0 spiro atoms. The minimum atomic E-state index is 0.769. The van der Waals surface area contributed by atoms with Crippen LogP contribution < -0.4 is 5.73 Å². The number of nitrogens with two attached hydrogens (primary N) is 1. The molecule has 0 aromatic heterocycles. The molecule has 0 saturated heterocycles. The van der Waals surface area contributed by atoms with Gasteiger partial charge in [0.1, 0.15) is 0 Å². The molecule has 19 heavy (non-hydrogen) atoms. The van der Waals surface area contributed by atoms with Gasteiger partial charge in [-0.3, -0.25) is 0 Å². The van der Waals surface area contributed by atoms with E-state index >= 15 is 0 Å². The van der Waals surface area contributed by atoms with Gasteiger partial charge in [0.25, 0.3) is 0 Å². The Kier molecular flexibility index (Phi) is 6.17. The maximum absolute atomic E-state index is 6.05. The van der Waals surface area contributed by atoms with Crippen molar-refractivity contribution in [2.24, 2.45) is 5.73 Å². The monoisotopic (exact) mass is 251 g/mol. The lowest BCUT2D eigenvalue weighted by atomic mass is 10.1. The minimum absolute atomic E-state index is 0.769. The highest BCUT2D eigenvalue weighted by Gasteiger charge is 1.95. The number of hydrogen-bond acceptors (Lipinski definition) is 1. The van der Waals surface area contributed by atoms with Crippen LogP contribution in [-0.2, 0) is 0 Å². The average molecular weight is 251 g/mol. The van der Waals surface area contributed by atoms with Crippen LogP contribution in [0.1, 0.15) is 18.9 Å². The highest BCUT2D eigenvalue weighted by atomic mass is 14.6. The van der Waals surface area contributed by atoms with Gasteiger partial charge in [-0.2, -0.15) is 0 Å². The van der Waals surface area contributed by atoms with E-state index in [-0.39, 0.29) is 0 Å². The second kappa shape index (κ2) is 7.93. The summed E-state index contributed by atoms with van der Waals surface area (Å²) in [4.78, 5) is 0. The van der Waals surface area contributed by atoms with Crippen LogP contribution in [0.5, 0.6) is 0 Å². The Morgan fingerprint density at radius 2 is 1.79 bits per heavy atom. The van der Waals surface area contributed by atoms with E-state index in [1.807, 2.05) is 67.6 Å². The summed E-state index contributed by atoms with van der Waals surface area (Å²) in [7, 11) is 0. The summed E-state index contributed by atoms with van der Waals surface area (Å²) in [5, 5.41) is 0. The number of hydrogen-bond donors (Lipinski definition) is 1. The van der Waals surface area contributed by atoms with Gasteiger partial charge in [0.05, 0.1) is 0 Å². The van der Waals surface area contributed by atoms with Crippen LogP contribution in [0.15, 0.2) is 85.0 Å². The van der Waals surface area contributed by atoms with Crippen molar-refractivity contribution >= 4 is 5.70 Å². The van der Waals surface area contributed by atoms with Crippen LogP contribution in [0, 0.1) is 0 Å². The molecule has 1 rings (SSSR count). The molecule has 0 bridgehead atoms. The van der Waals surface area contributed by atoms with Crippen LogP contribution in [0.4, 0.5) is 0 Å². The lowest BCUT2D eigenvalue weighted by Gasteiger charge is -2.02. The van der Waals surface area contributed by atoms with Gasteiger partial charge in [0, 0.05) is 5.70 Å². The third-order valence-corrected chi connectivity index (χ3v) is 2.81. The van der Waals surface area contributed by atoms with Gasteiger partial charge in [-0.05, 0) is 24.5 Å². The number of rotatable bonds is 6. The molecule has 0 atom stereocenters. The molecule has 0 amide bonds. The van der Waals surface area contributed by atoms with Crippen molar-refractivity contribution in [2.75, 3.05) is 0 Å². The average Bonchev–Trinajstić information content (AvgIpc) is 2.47. The van der Waals surface area contributed by atoms with Gasteiger partial charge in [0.15, 0.2) is 0 Å². The third-order valence-electron chi connectivity index (χ3n) is 2.81. The first kappa shape index (κ1) is 14.8. The molecule has 0 saturated carbocycles. The summed E-state index contributed by atoms with van der Waals surface area (Å²) in [5.74, 6) is 0. The molecule has 1 nitrogen and oxygen atoms in total. The largest absolute Gasteiger partial charge is 0.398 e. The zero-order chi connectivity index (χ0) is 14.1. The van der Waals surface area contributed by atoms with Crippen LogP contribution in [0.2, 0.25) is 0 Å². The van der Waals surface area contributed by atoms with Crippen molar-refractivity contribution in [3.63, 3.8) is 0 Å². The second-order valence-electron chi connectivity index (χ2n) is 4.29. The van der Waals surface area contributed by atoms with Gasteiger partial charge in [-0.15, -0.1) is 0 Å². The number of allylic oxidation sites excluding steroid dienone is 7. The van der Waals surface area contributed by atoms with Crippen molar-refractivity contribution in [2.45, 2.75) is 13.3 Å². The van der Waals surface area contributed by atoms with Crippen molar-refractivity contribution in [3.8, 4) is 0 Å². The van der Waals surface area contributed by atoms with E-state index in [9.17, 15) is 0 Å². The lowest BCUT2D eigenvalue weighted by molar-refractivity contribution is 1.27. The molecule has 0 aliphatic heterocycles. The van der Waals surface area contributed by atoms with Crippen LogP contribution in [-0.4, -0.2) is 0 Å². The fourth-order valence-corrected chi connectivity index (χ4v) is 1.50. The summed E-state index contributed by atoms with van der Waals surface area (Å²) in [6, 6.07) is 9.96. The molecule has 0 heterocycles. The fourth-order valence-electron chi connectivity index (χ4n) is 1.50. The van der Waals surface area contributed by atoms with Crippen molar-refractivity contribution < 1.29 is 0 Å². The van der Waals surface area contributed by atoms with E-state index in [1.165, 1.54) is 0 Å². The molecular formula is C18H21N. The van der Waals surface area contributed by atoms with Crippen LogP contribution in [0.25, 0.3) is 5.70 Å². The topological polar surface area (TPSA) is 26.0 Å². The third kappa shape index (κ3) is 5.26. The Labute approximate surface area is 116 Å². The molecule has 98 valence electrons. The summed E-state index contributed by atoms with van der Waals surface area (Å²) < 4.78 is 0. The normalized spacial score (nSPS) is 13.2. The molecular weight excluding hydrogens is 230 g/mol. The Hall–Kier alpha value is -2.28. The van der Waals surface area contributed by atoms with Crippen molar-refractivity contribution in [1.82, 2.24) is 0 Å². The fraction of sp³-hybridized carbons (Fsp3) is 0.111. The van der Waals surface area contributed by atoms with Crippen molar-refractivity contribution in [3.05, 3.63) is 90.6 Å². The summed E-state index contributed by atoms with van der Waals surface area (Å²) >= 11 is 0. The van der Waals surface area contributed by atoms with E-state index in [0.717, 1.165) is 28.8 Å². The summed E-state index contributed by atoms with van der Waals surface area (Å²) in [6.45, 7) is 9.56. The Bertz CT molecular complexity index is 516. The Balaban J connectivity index is 2.78. The second-order valence-corrected chi connectivity index (χ2v) is 4.29. The molecule has 0 unspecified atom stereocenters. The lowest BCUT2D eigenvalue weighted by Crippen LogP contribution is -1.95. The first-order valence-electron chi connectivity index (χ1n) is 6.30. The zero-order valence-electron chi connectivity index (χ0n) is 11.5. The van der Waals surface area contributed by atoms with Crippen molar-refractivity contribution in [1.29, 1.82) is 0 Å².